The van der Waals surface area contributed by atoms with Gasteiger partial charge in [0.15, 0.2) is 0 Å². The number of hydrogen-bond acceptors (Lipinski definition) is 0. The van der Waals surface area contributed by atoms with Crippen LogP contribution in [0.25, 0.3) is 0 Å². The molecule has 6 unspecified atom stereocenters. The van der Waals surface area contributed by atoms with Gasteiger partial charge in [-0.25, -0.2) is 0 Å². The zero-order valence-corrected chi connectivity index (χ0v) is 11.1. The largest absolute Gasteiger partial charge is 0.0696 e. The van der Waals surface area contributed by atoms with Crippen molar-refractivity contribution >= 4 is 0 Å². The van der Waals surface area contributed by atoms with Crippen molar-refractivity contribution in [2.45, 2.75) is 53.4 Å². The average molecular weight is 216 g/mol. The first-order valence-electron chi connectivity index (χ1n) is 7.20. The van der Waals surface area contributed by atoms with Crippen molar-refractivity contribution in [3.05, 3.63) is 11.1 Å². The van der Waals surface area contributed by atoms with Crippen molar-refractivity contribution in [2.24, 2.45) is 34.5 Å². The van der Waals surface area contributed by atoms with Gasteiger partial charge in [0.2, 0.25) is 0 Å². The lowest BCUT2D eigenvalue weighted by molar-refractivity contribution is 0.113. The lowest BCUT2D eigenvalue weighted by atomic mass is 9.60. The zero-order valence-electron chi connectivity index (χ0n) is 11.1. The Morgan fingerprint density at radius 3 is 2.69 bits per heavy atom. The van der Waals surface area contributed by atoms with Gasteiger partial charge < -0.3 is 0 Å². The predicted molar refractivity (Wildman–Crippen MR) is 67.0 cm³/mol. The Kier molecular flexibility index (Phi) is 1.49. The second kappa shape index (κ2) is 2.44. The van der Waals surface area contributed by atoms with Crippen molar-refractivity contribution in [3.63, 3.8) is 0 Å². The normalized spacial score (nSPS) is 62.2. The molecule has 4 aliphatic rings. The smallest absolute Gasteiger partial charge is 0.00794 e. The van der Waals surface area contributed by atoms with Gasteiger partial charge in [0.25, 0.3) is 0 Å². The minimum Gasteiger partial charge on any atom is -0.0696 e. The molecule has 3 fully saturated rings. The van der Waals surface area contributed by atoms with Crippen LogP contribution in [-0.4, -0.2) is 0 Å². The number of allylic oxidation sites excluding steroid dienone is 2. The maximum Gasteiger partial charge on any atom is -0.00794 e. The highest BCUT2D eigenvalue weighted by Crippen LogP contribution is 2.76. The molecule has 0 aromatic carbocycles. The molecular formula is C16H24. The van der Waals surface area contributed by atoms with Crippen LogP contribution in [0.1, 0.15) is 53.4 Å². The molecule has 0 amide bonds. The van der Waals surface area contributed by atoms with Crippen molar-refractivity contribution in [1.29, 1.82) is 0 Å². The molecule has 6 atom stereocenters. The molecule has 0 aliphatic heterocycles. The molecule has 4 rings (SSSR count). The molecule has 0 heteroatoms. The molecule has 0 aromatic rings. The summed E-state index contributed by atoms with van der Waals surface area (Å²) in [7, 11) is 0. The second-order valence-electron chi connectivity index (χ2n) is 7.76. The molecule has 88 valence electrons. The number of fused-ring (bicyclic) bond motifs is 8. The van der Waals surface area contributed by atoms with Gasteiger partial charge in [0, 0.05) is 0 Å². The molecule has 0 N–H and O–H groups in total. The van der Waals surface area contributed by atoms with Gasteiger partial charge in [-0.05, 0) is 60.2 Å². The van der Waals surface area contributed by atoms with E-state index in [1.54, 1.807) is 0 Å². The van der Waals surface area contributed by atoms with E-state index >= 15 is 0 Å². The molecule has 0 radical (unpaired) electrons. The van der Waals surface area contributed by atoms with Gasteiger partial charge in [-0.3, -0.25) is 0 Å². The molecule has 0 heterocycles. The van der Waals surface area contributed by atoms with Gasteiger partial charge in [-0.2, -0.15) is 0 Å². The highest BCUT2D eigenvalue weighted by molar-refractivity contribution is 5.43. The summed E-state index contributed by atoms with van der Waals surface area (Å²) in [5.41, 5.74) is 5.15. The van der Waals surface area contributed by atoms with Gasteiger partial charge in [-0.1, -0.05) is 38.8 Å². The first kappa shape index (κ1) is 9.74. The van der Waals surface area contributed by atoms with Gasteiger partial charge in [-0.15, -0.1) is 0 Å². The monoisotopic (exact) mass is 216 g/mol. The van der Waals surface area contributed by atoms with E-state index in [4.69, 9.17) is 0 Å². The fourth-order valence-corrected chi connectivity index (χ4v) is 6.24. The number of hydrogen-bond donors (Lipinski definition) is 0. The van der Waals surface area contributed by atoms with E-state index in [9.17, 15) is 0 Å². The highest BCUT2D eigenvalue weighted by atomic mass is 14.7. The third kappa shape index (κ3) is 0.772. The summed E-state index contributed by atoms with van der Waals surface area (Å²) in [5, 5.41) is 0. The van der Waals surface area contributed by atoms with E-state index in [1.807, 2.05) is 11.1 Å². The third-order valence-corrected chi connectivity index (χ3v) is 7.23. The van der Waals surface area contributed by atoms with Crippen LogP contribution in [0.15, 0.2) is 11.1 Å². The minimum atomic E-state index is 0.599. The fraction of sp³-hybridized carbons (Fsp3) is 0.875. The Morgan fingerprint density at radius 1 is 1.19 bits per heavy atom. The SMILES string of the molecule is CC1C2CC(C)(C3=C4CCC(C)(C4)C32)C1C. The summed E-state index contributed by atoms with van der Waals surface area (Å²) in [5.74, 6) is 3.92. The summed E-state index contributed by atoms with van der Waals surface area (Å²) < 4.78 is 0. The summed E-state index contributed by atoms with van der Waals surface area (Å²) in [4.78, 5) is 0. The van der Waals surface area contributed by atoms with Crippen LogP contribution in [0.3, 0.4) is 0 Å². The first-order chi connectivity index (χ1) is 7.47. The van der Waals surface area contributed by atoms with Crippen molar-refractivity contribution < 1.29 is 0 Å². The molecule has 0 saturated heterocycles. The Hall–Kier alpha value is -0.260. The summed E-state index contributed by atoms with van der Waals surface area (Å²) >= 11 is 0. The average Bonchev–Trinajstić information content (AvgIpc) is 2.88. The van der Waals surface area contributed by atoms with E-state index in [2.05, 4.69) is 27.7 Å². The minimum absolute atomic E-state index is 0.599. The van der Waals surface area contributed by atoms with Crippen molar-refractivity contribution in [2.75, 3.05) is 0 Å². The summed E-state index contributed by atoms with van der Waals surface area (Å²) in [6, 6.07) is 0. The van der Waals surface area contributed by atoms with E-state index in [0.29, 0.717) is 10.8 Å². The van der Waals surface area contributed by atoms with Crippen molar-refractivity contribution in [1.82, 2.24) is 0 Å². The van der Waals surface area contributed by atoms with Crippen LogP contribution < -0.4 is 0 Å². The zero-order chi connectivity index (χ0) is 11.3. The number of rotatable bonds is 0. The quantitative estimate of drug-likeness (QED) is 0.526. The predicted octanol–water partition coefficient (Wildman–Crippen LogP) is 4.42. The van der Waals surface area contributed by atoms with Crippen molar-refractivity contribution in [3.8, 4) is 0 Å². The lowest BCUT2D eigenvalue weighted by Gasteiger charge is -2.45. The molecule has 4 bridgehead atoms. The Bertz CT molecular complexity index is 404. The van der Waals surface area contributed by atoms with Crippen LogP contribution in [0, 0.1) is 34.5 Å². The van der Waals surface area contributed by atoms with Crippen LogP contribution in [0.2, 0.25) is 0 Å². The topological polar surface area (TPSA) is 0 Å². The molecule has 3 saturated carbocycles. The summed E-state index contributed by atoms with van der Waals surface area (Å²) in [6.07, 6.45) is 5.89. The molecular weight excluding hydrogens is 192 g/mol. The van der Waals surface area contributed by atoms with E-state index < -0.39 is 0 Å². The van der Waals surface area contributed by atoms with Gasteiger partial charge >= 0.3 is 0 Å². The summed E-state index contributed by atoms with van der Waals surface area (Å²) in [6.45, 7) is 10.2. The second-order valence-corrected chi connectivity index (χ2v) is 7.76. The lowest BCUT2D eigenvalue weighted by Crippen LogP contribution is -2.37. The van der Waals surface area contributed by atoms with Crippen LogP contribution in [0.5, 0.6) is 0 Å². The Balaban J connectivity index is 1.92. The molecule has 0 aromatic heterocycles. The van der Waals surface area contributed by atoms with E-state index in [1.165, 1.54) is 25.7 Å². The van der Waals surface area contributed by atoms with E-state index in [-0.39, 0.29) is 0 Å². The van der Waals surface area contributed by atoms with Crippen LogP contribution in [-0.2, 0) is 0 Å². The van der Waals surface area contributed by atoms with Crippen LogP contribution >= 0.6 is 0 Å². The maximum atomic E-state index is 2.58. The first-order valence-corrected chi connectivity index (χ1v) is 7.20. The fourth-order valence-electron chi connectivity index (χ4n) is 6.24. The standard InChI is InChI=1S/C16H24/c1-9-10(2)16(4)8-12(9)14-13(16)11-5-6-15(14,3)7-11/h9-10,12,14H,5-8H2,1-4H3. The van der Waals surface area contributed by atoms with Crippen LogP contribution in [0.4, 0.5) is 0 Å². The molecule has 0 nitrogen and oxygen atoms in total. The maximum absolute atomic E-state index is 2.58. The highest BCUT2D eigenvalue weighted by Gasteiger charge is 2.67. The Morgan fingerprint density at radius 2 is 1.94 bits per heavy atom. The molecule has 16 heavy (non-hydrogen) atoms. The molecule has 4 aliphatic carbocycles. The van der Waals surface area contributed by atoms with Gasteiger partial charge in [0.1, 0.15) is 0 Å². The Labute approximate surface area is 99.5 Å². The van der Waals surface area contributed by atoms with Gasteiger partial charge in [0.05, 0.1) is 0 Å². The molecule has 0 spiro atoms. The van der Waals surface area contributed by atoms with E-state index in [0.717, 1.165) is 23.7 Å². The third-order valence-electron chi connectivity index (χ3n) is 7.23.